The fourth-order valence-corrected chi connectivity index (χ4v) is 1.53. The Hall–Kier alpha value is -0.680. The van der Waals surface area contributed by atoms with E-state index in [-0.39, 0.29) is 0 Å². The summed E-state index contributed by atoms with van der Waals surface area (Å²) in [5.74, 6) is -0.469. The lowest BCUT2D eigenvalue weighted by molar-refractivity contribution is -0.125. The van der Waals surface area contributed by atoms with Crippen molar-refractivity contribution in [2.45, 2.75) is 13.1 Å². The fraction of sp³-hybridized carbons (Fsp3) is 0.429. The van der Waals surface area contributed by atoms with Crippen LogP contribution >= 0.6 is 15.9 Å². The van der Waals surface area contributed by atoms with Crippen molar-refractivity contribution in [2.75, 3.05) is 0 Å². The molecule has 0 saturated carbocycles. The summed E-state index contributed by atoms with van der Waals surface area (Å²) in [6.45, 7) is 1.66. The zero-order valence-corrected chi connectivity index (χ0v) is 8.21. The number of carbonyl (C=O) groups is 1. The molecule has 0 saturated heterocycles. The Bertz CT molecular complexity index is 274. The van der Waals surface area contributed by atoms with Gasteiger partial charge in [-0.25, -0.2) is 0 Å². The lowest BCUT2D eigenvalue weighted by Gasteiger charge is -2.28. The van der Waals surface area contributed by atoms with Crippen LogP contribution in [0.2, 0.25) is 0 Å². The van der Waals surface area contributed by atoms with Gasteiger partial charge in [0.25, 0.3) is 0 Å². The lowest BCUT2D eigenvalue weighted by atomic mass is 9.85. The van der Waals surface area contributed by atoms with E-state index in [0.29, 0.717) is 0 Å². The highest BCUT2D eigenvalue weighted by molar-refractivity contribution is 9.12. The van der Waals surface area contributed by atoms with Crippen LogP contribution in [0, 0.1) is 5.41 Å². The normalized spacial score (nSPS) is 34.6. The van der Waals surface area contributed by atoms with Crippen molar-refractivity contribution in [3.63, 3.8) is 0 Å². The molecule has 12 heavy (non-hydrogen) atoms. The molecule has 0 bridgehead atoms. The Morgan fingerprint density at radius 2 is 2.42 bits per heavy atom. The minimum absolute atomic E-state index is 0.469. The maximum atomic E-state index is 11.0. The van der Waals surface area contributed by atoms with E-state index in [1.165, 1.54) is 0 Å². The molecule has 2 unspecified atom stereocenters. The maximum absolute atomic E-state index is 11.0. The van der Waals surface area contributed by atoms with Crippen LogP contribution in [0.3, 0.4) is 0 Å². The lowest BCUT2D eigenvalue weighted by Crippen LogP contribution is -2.47. The number of dihydropyridines is 1. The predicted octanol–water partition coefficient (Wildman–Crippen LogP) is 0.126. The summed E-state index contributed by atoms with van der Waals surface area (Å²) >= 11 is 3.21. The number of allylic oxidation sites excluding steroid dienone is 1. The Kier molecular flexibility index (Phi) is 2.34. The van der Waals surface area contributed by atoms with Crippen LogP contribution in [0.4, 0.5) is 0 Å². The molecule has 0 aliphatic carbocycles. The van der Waals surface area contributed by atoms with Gasteiger partial charge in [-0.3, -0.25) is 9.79 Å². The highest BCUT2D eigenvalue weighted by Crippen LogP contribution is 2.28. The first-order chi connectivity index (χ1) is 5.47. The number of hydrogen-bond donors (Lipinski definition) is 2. The van der Waals surface area contributed by atoms with Crippen LogP contribution in [-0.4, -0.2) is 18.3 Å². The van der Waals surface area contributed by atoms with Gasteiger partial charge in [-0.2, -0.15) is 0 Å². The van der Waals surface area contributed by atoms with E-state index >= 15 is 0 Å². The molecule has 66 valence electrons. The molecule has 0 spiro atoms. The largest absolute Gasteiger partial charge is 0.369 e. The van der Waals surface area contributed by atoms with Crippen molar-refractivity contribution >= 4 is 28.1 Å². The third-order valence-electron chi connectivity index (χ3n) is 1.94. The van der Waals surface area contributed by atoms with Crippen molar-refractivity contribution in [1.29, 1.82) is 0 Å². The summed E-state index contributed by atoms with van der Waals surface area (Å²) in [7, 11) is 0. The summed E-state index contributed by atoms with van der Waals surface area (Å²) in [6, 6.07) is 0. The van der Waals surface area contributed by atoms with Crippen LogP contribution in [0.1, 0.15) is 6.92 Å². The molecular formula is C7H10BrN3O. The molecule has 2 atom stereocenters. The molecule has 1 heterocycles. The highest BCUT2D eigenvalue weighted by atomic mass is 79.9. The van der Waals surface area contributed by atoms with Gasteiger partial charge in [0.1, 0.15) is 11.6 Å². The summed E-state index contributed by atoms with van der Waals surface area (Å²) in [5, 5.41) is 0. The van der Waals surface area contributed by atoms with Crippen molar-refractivity contribution in [1.82, 2.24) is 0 Å². The van der Waals surface area contributed by atoms with E-state index < -0.39 is 17.5 Å². The van der Waals surface area contributed by atoms with E-state index in [0.717, 1.165) is 4.48 Å². The number of halogens is 1. The van der Waals surface area contributed by atoms with Gasteiger partial charge < -0.3 is 11.5 Å². The quantitative estimate of drug-likeness (QED) is 0.673. The smallest absolute Gasteiger partial charge is 0.230 e. The second-order valence-electron chi connectivity index (χ2n) is 2.90. The van der Waals surface area contributed by atoms with E-state index in [9.17, 15) is 4.79 Å². The minimum atomic E-state index is -0.881. The number of rotatable bonds is 1. The number of aliphatic imine (C=N–C) groups is 1. The standard InChI is InChI=1S/C7H10BrN3O/c1-7(6(10)12)2-4(8)3-11-5(7)9/h2-3,5H,9H2,1H3,(H2,10,12). The second kappa shape index (κ2) is 2.99. The van der Waals surface area contributed by atoms with Gasteiger partial charge in [0.2, 0.25) is 5.91 Å². The molecule has 5 heteroatoms. The molecule has 0 aromatic heterocycles. The average molecular weight is 232 g/mol. The van der Waals surface area contributed by atoms with Gasteiger partial charge in [0, 0.05) is 10.7 Å². The summed E-state index contributed by atoms with van der Waals surface area (Å²) < 4.78 is 0.727. The fourth-order valence-electron chi connectivity index (χ4n) is 0.932. The molecule has 0 aromatic rings. The number of hydrogen-bond acceptors (Lipinski definition) is 3. The molecule has 4 nitrogen and oxygen atoms in total. The van der Waals surface area contributed by atoms with Crippen molar-refractivity contribution in [2.24, 2.45) is 21.9 Å². The van der Waals surface area contributed by atoms with Crippen LogP contribution in [0.15, 0.2) is 15.6 Å². The molecule has 0 aromatic carbocycles. The number of primary amides is 1. The van der Waals surface area contributed by atoms with Gasteiger partial charge in [-0.15, -0.1) is 0 Å². The number of carbonyl (C=O) groups excluding carboxylic acids is 1. The van der Waals surface area contributed by atoms with Gasteiger partial charge in [-0.1, -0.05) is 6.08 Å². The second-order valence-corrected chi connectivity index (χ2v) is 3.81. The zero-order chi connectivity index (χ0) is 9.35. The molecule has 1 rings (SSSR count). The number of nitrogens with two attached hydrogens (primary N) is 2. The SMILES string of the molecule is CC1(C(N)=O)C=C(Br)C=NC1N. The first kappa shape index (κ1) is 9.41. The number of amides is 1. The Morgan fingerprint density at radius 3 is 2.83 bits per heavy atom. The third kappa shape index (κ3) is 1.42. The number of nitrogens with zero attached hydrogens (tertiary/aromatic N) is 1. The van der Waals surface area contributed by atoms with Crippen LogP contribution in [-0.2, 0) is 4.79 Å². The summed E-state index contributed by atoms with van der Waals surface area (Å²) in [4.78, 5) is 15.0. The first-order valence-electron chi connectivity index (χ1n) is 3.44. The van der Waals surface area contributed by atoms with Gasteiger partial charge >= 0.3 is 0 Å². The predicted molar refractivity (Wildman–Crippen MR) is 50.8 cm³/mol. The van der Waals surface area contributed by atoms with Gasteiger partial charge in [-0.05, 0) is 22.9 Å². The van der Waals surface area contributed by atoms with Crippen molar-refractivity contribution in [3.05, 3.63) is 10.6 Å². The summed E-state index contributed by atoms with van der Waals surface area (Å²) in [6.07, 6.45) is 2.65. The molecule has 0 radical (unpaired) electrons. The molecule has 0 fully saturated rings. The Balaban J connectivity index is 3.05. The Morgan fingerprint density at radius 1 is 1.83 bits per heavy atom. The van der Waals surface area contributed by atoms with Crippen molar-refractivity contribution in [3.8, 4) is 0 Å². The molecule has 1 aliphatic rings. The monoisotopic (exact) mass is 231 g/mol. The minimum Gasteiger partial charge on any atom is -0.369 e. The molecular weight excluding hydrogens is 222 g/mol. The first-order valence-corrected chi connectivity index (χ1v) is 4.23. The van der Waals surface area contributed by atoms with Gasteiger partial charge in [0.05, 0.1) is 0 Å². The average Bonchev–Trinajstić information content (AvgIpc) is 1.97. The highest BCUT2D eigenvalue weighted by Gasteiger charge is 2.37. The van der Waals surface area contributed by atoms with Gasteiger partial charge in [0.15, 0.2) is 0 Å². The Labute approximate surface area is 78.8 Å². The maximum Gasteiger partial charge on any atom is 0.230 e. The van der Waals surface area contributed by atoms with Crippen molar-refractivity contribution < 1.29 is 4.79 Å². The third-order valence-corrected chi connectivity index (χ3v) is 2.38. The van der Waals surface area contributed by atoms with E-state index in [1.807, 2.05) is 0 Å². The molecule has 1 aliphatic heterocycles. The summed E-state index contributed by atoms with van der Waals surface area (Å²) in [5.41, 5.74) is 9.93. The van der Waals surface area contributed by atoms with Crippen LogP contribution in [0.25, 0.3) is 0 Å². The van der Waals surface area contributed by atoms with Crippen LogP contribution < -0.4 is 11.5 Å². The zero-order valence-electron chi connectivity index (χ0n) is 6.62. The molecule has 1 amide bonds. The van der Waals surface area contributed by atoms with E-state index in [2.05, 4.69) is 20.9 Å². The topological polar surface area (TPSA) is 81.5 Å². The molecule has 4 N–H and O–H groups in total. The van der Waals surface area contributed by atoms with Crippen LogP contribution in [0.5, 0.6) is 0 Å². The van der Waals surface area contributed by atoms with E-state index in [4.69, 9.17) is 11.5 Å². The van der Waals surface area contributed by atoms with E-state index in [1.54, 1.807) is 19.2 Å².